The van der Waals surface area contributed by atoms with E-state index in [0.29, 0.717) is 17.6 Å². The van der Waals surface area contributed by atoms with Crippen molar-refractivity contribution in [1.82, 2.24) is 0 Å². The number of aromatic hydroxyl groups is 1. The van der Waals surface area contributed by atoms with E-state index in [1.807, 2.05) is 52.0 Å². The molecule has 0 radical (unpaired) electrons. The SMILES string of the molecule is CCC(C)c1ccc(C(C)(C)O)cc1.CCC(C)c1ccc(COC(=O)C(O)(C(F)(F)F)C(F)(F)F)cc1.CCC(C)c1ccc(O)cc1. The zero-order valence-corrected chi connectivity index (χ0v) is 29.4. The minimum atomic E-state index is -6.25. The van der Waals surface area contributed by atoms with E-state index in [1.165, 1.54) is 23.3 Å². The van der Waals surface area contributed by atoms with E-state index in [2.05, 4.69) is 44.6 Å². The molecule has 3 aromatic carbocycles. The fourth-order valence-electron chi connectivity index (χ4n) is 4.32. The number of rotatable bonds is 10. The van der Waals surface area contributed by atoms with Crippen LogP contribution in [0.15, 0.2) is 72.8 Å². The molecule has 0 aliphatic heterocycles. The summed E-state index contributed by atoms with van der Waals surface area (Å²) >= 11 is 0. The highest BCUT2D eigenvalue weighted by Crippen LogP contribution is 2.44. The van der Waals surface area contributed by atoms with Gasteiger partial charge in [-0.1, -0.05) is 102 Å². The van der Waals surface area contributed by atoms with E-state index in [1.54, 1.807) is 24.3 Å². The molecule has 0 amide bonds. The number of halogens is 6. The van der Waals surface area contributed by atoms with Crippen LogP contribution in [0.1, 0.15) is 120 Å². The van der Waals surface area contributed by atoms with Crippen molar-refractivity contribution in [2.75, 3.05) is 0 Å². The second-order valence-corrected chi connectivity index (χ2v) is 12.7. The van der Waals surface area contributed by atoms with Crippen molar-refractivity contribution < 1.29 is 51.2 Å². The van der Waals surface area contributed by atoms with Crippen molar-refractivity contribution in [3.05, 3.63) is 101 Å². The third-order valence-corrected chi connectivity index (χ3v) is 8.52. The number of carbonyl (C=O) groups is 1. The number of aliphatic hydroxyl groups is 2. The summed E-state index contributed by atoms with van der Waals surface area (Å²) in [5.41, 5.74) is -1.54. The number of benzene rings is 3. The fraction of sp³-hybridized carbons (Fsp3) is 0.500. The first-order valence-corrected chi connectivity index (χ1v) is 16.3. The van der Waals surface area contributed by atoms with Crippen molar-refractivity contribution in [2.45, 2.75) is 123 Å². The molecule has 0 saturated carbocycles. The Morgan fingerprint density at radius 1 is 0.633 bits per heavy atom. The molecule has 3 unspecified atom stereocenters. The van der Waals surface area contributed by atoms with Crippen LogP contribution in [-0.4, -0.2) is 39.2 Å². The molecule has 0 aliphatic carbocycles. The van der Waals surface area contributed by atoms with Gasteiger partial charge in [-0.25, -0.2) is 4.79 Å². The van der Waals surface area contributed by atoms with Crippen LogP contribution in [0, 0.1) is 0 Å². The summed E-state index contributed by atoms with van der Waals surface area (Å²) in [6.07, 6.45) is -9.35. The highest BCUT2D eigenvalue weighted by atomic mass is 19.4. The standard InChI is InChI=1S/C15H16F6O3.C13H20O.C10H14O/c1-3-9(2)11-6-4-10(5-7-11)8-24-12(22)13(23,14(16,17)18)15(19,20)21;1-5-10(2)11-6-8-12(9-7-11)13(3,4)14;1-3-8(2)9-4-6-10(11)7-5-9/h4-7,9,23H,3,8H2,1-2H3;6-10,14H,5H2,1-4H3;4-8,11H,3H2,1-2H3. The number of ether oxygens (including phenoxy) is 1. The third kappa shape index (κ3) is 12.7. The van der Waals surface area contributed by atoms with Gasteiger partial charge in [-0.2, -0.15) is 26.3 Å². The summed E-state index contributed by atoms with van der Waals surface area (Å²) < 4.78 is 79.0. The van der Waals surface area contributed by atoms with Gasteiger partial charge in [0.15, 0.2) is 0 Å². The summed E-state index contributed by atoms with van der Waals surface area (Å²) in [4.78, 5) is 11.2. The van der Waals surface area contributed by atoms with Gasteiger partial charge in [0.25, 0.3) is 0 Å². The monoisotopic (exact) mass is 700 g/mol. The quantitative estimate of drug-likeness (QED) is 0.145. The molecule has 0 bridgehead atoms. The highest BCUT2D eigenvalue weighted by Gasteiger charge is 2.76. The number of phenolic OH excluding ortho intramolecular Hbond substituents is 1. The zero-order chi connectivity index (χ0) is 37.8. The number of alkyl halides is 6. The topological polar surface area (TPSA) is 87.0 Å². The molecular formula is C38H50F6O5. The number of hydrogen-bond donors (Lipinski definition) is 3. The number of carbonyl (C=O) groups excluding carboxylic acids is 1. The minimum absolute atomic E-state index is 0.196. The normalized spacial score (nSPS) is 14.0. The molecule has 0 aliphatic rings. The molecule has 3 rings (SSSR count). The third-order valence-electron chi connectivity index (χ3n) is 8.52. The first-order chi connectivity index (χ1) is 22.5. The van der Waals surface area contributed by atoms with Gasteiger partial charge in [0.2, 0.25) is 0 Å². The van der Waals surface area contributed by atoms with Crippen LogP contribution in [0.4, 0.5) is 26.3 Å². The van der Waals surface area contributed by atoms with Gasteiger partial charge in [0, 0.05) is 0 Å². The van der Waals surface area contributed by atoms with Gasteiger partial charge in [-0.05, 0) is 90.8 Å². The van der Waals surface area contributed by atoms with Gasteiger partial charge in [0.1, 0.15) is 12.4 Å². The van der Waals surface area contributed by atoms with Crippen LogP contribution < -0.4 is 0 Å². The molecule has 0 aromatic heterocycles. The van der Waals surface area contributed by atoms with Gasteiger partial charge >= 0.3 is 23.9 Å². The summed E-state index contributed by atoms with van der Waals surface area (Å²) in [5, 5.41) is 27.6. The van der Waals surface area contributed by atoms with Crippen LogP contribution >= 0.6 is 0 Å². The predicted octanol–water partition coefficient (Wildman–Crippen LogP) is 10.4. The second-order valence-electron chi connectivity index (χ2n) is 12.7. The van der Waals surface area contributed by atoms with Gasteiger partial charge in [0.05, 0.1) is 5.60 Å². The summed E-state index contributed by atoms with van der Waals surface area (Å²) in [5.74, 6) is -1.05. The molecule has 274 valence electrons. The van der Waals surface area contributed by atoms with E-state index < -0.39 is 36.1 Å². The summed E-state index contributed by atoms with van der Waals surface area (Å²) in [7, 11) is 0. The zero-order valence-electron chi connectivity index (χ0n) is 29.4. The molecule has 0 heterocycles. The highest BCUT2D eigenvalue weighted by molar-refractivity contribution is 5.81. The lowest BCUT2D eigenvalue weighted by Crippen LogP contribution is -2.62. The second kappa shape index (κ2) is 18.4. The van der Waals surface area contributed by atoms with E-state index >= 15 is 0 Å². The summed E-state index contributed by atoms with van der Waals surface area (Å²) in [6.45, 7) is 15.5. The first kappa shape index (κ1) is 43.5. The maximum absolute atomic E-state index is 12.5. The molecule has 5 nitrogen and oxygen atoms in total. The Bertz CT molecular complexity index is 1380. The van der Waals surface area contributed by atoms with E-state index in [-0.39, 0.29) is 11.5 Å². The molecule has 0 fully saturated rings. The first-order valence-electron chi connectivity index (χ1n) is 16.3. The number of hydrogen-bond acceptors (Lipinski definition) is 5. The van der Waals surface area contributed by atoms with Crippen LogP contribution in [-0.2, 0) is 21.7 Å². The smallest absolute Gasteiger partial charge is 0.437 e. The van der Waals surface area contributed by atoms with Crippen molar-refractivity contribution in [3.8, 4) is 5.75 Å². The maximum atomic E-state index is 12.5. The Morgan fingerprint density at radius 2 is 0.959 bits per heavy atom. The largest absolute Gasteiger partial charge is 0.508 e. The van der Waals surface area contributed by atoms with Crippen molar-refractivity contribution in [3.63, 3.8) is 0 Å². The van der Waals surface area contributed by atoms with Gasteiger partial charge in [-0.15, -0.1) is 0 Å². The van der Waals surface area contributed by atoms with Gasteiger partial charge in [-0.3, -0.25) is 0 Å². The molecule has 3 N–H and O–H groups in total. The predicted molar refractivity (Wildman–Crippen MR) is 179 cm³/mol. The van der Waals surface area contributed by atoms with Crippen molar-refractivity contribution in [1.29, 1.82) is 0 Å². The van der Waals surface area contributed by atoms with Crippen molar-refractivity contribution >= 4 is 5.97 Å². The fourth-order valence-corrected chi connectivity index (χ4v) is 4.32. The minimum Gasteiger partial charge on any atom is -0.508 e. The van der Waals surface area contributed by atoms with E-state index in [9.17, 15) is 36.2 Å². The van der Waals surface area contributed by atoms with Crippen LogP contribution in [0.5, 0.6) is 5.75 Å². The Morgan fingerprint density at radius 3 is 1.27 bits per heavy atom. The van der Waals surface area contributed by atoms with Crippen molar-refractivity contribution in [2.24, 2.45) is 0 Å². The molecule has 0 spiro atoms. The van der Waals surface area contributed by atoms with Gasteiger partial charge < -0.3 is 20.1 Å². The maximum Gasteiger partial charge on any atom is 0.437 e. The van der Waals surface area contributed by atoms with E-state index in [4.69, 9.17) is 10.2 Å². The Hall–Kier alpha value is -3.57. The average Bonchev–Trinajstić information content (AvgIpc) is 3.05. The number of phenols is 1. The number of esters is 1. The molecule has 0 saturated heterocycles. The molecule has 3 aromatic rings. The molecular weight excluding hydrogens is 650 g/mol. The summed E-state index contributed by atoms with van der Waals surface area (Å²) in [6, 6.07) is 21.8. The lowest BCUT2D eigenvalue weighted by molar-refractivity contribution is -0.357. The lowest BCUT2D eigenvalue weighted by atomic mass is 9.93. The molecule has 11 heteroatoms. The molecule has 3 atom stereocenters. The lowest BCUT2D eigenvalue weighted by Gasteiger charge is -2.29. The Labute approximate surface area is 286 Å². The average molecular weight is 701 g/mol. The van der Waals surface area contributed by atoms with E-state index in [0.717, 1.165) is 30.4 Å². The molecule has 49 heavy (non-hydrogen) atoms. The Kier molecular flexibility index (Phi) is 16.3. The van der Waals surface area contributed by atoms with Crippen LogP contribution in [0.2, 0.25) is 0 Å². The van der Waals surface area contributed by atoms with Crippen LogP contribution in [0.3, 0.4) is 0 Å². The van der Waals surface area contributed by atoms with Crippen LogP contribution in [0.25, 0.3) is 0 Å². The Balaban J connectivity index is 0.000000404.